The van der Waals surface area contributed by atoms with Gasteiger partial charge in [0.25, 0.3) is 5.91 Å². The topological polar surface area (TPSA) is 55.1 Å². The van der Waals surface area contributed by atoms with Gasteiger partial charge in [0.05, 0.1) is 16.3 Å². The molecule has 0 saturated carbocycles. The van der Waals surface area contributed by atoms with Crippen LogP contribution in [0, 0.1) is 6.92 Å². The van der Waals surface area contributed by atoms with Gasteiger partial charge in [-0.3, -0.25) is 4.79 Å². The number of hydrogen-bond acceptors (Lipinski definition) is 3. The fraction of sp³-hybridized carbons (Fsp3) is 0.133. The second-order valence-corrected chi connectivity index (χ2v) is 5.67. The van der Waals surface area contributed by atoms with Gasteiger partial charge in [-0.05, 0) is 37.4 Å². The van der Waals surface area contributed by atoms with Crippen LogP contribution in [-0.4, -0.2) is 12.2 Å². The van der Waals surface area contributed by atoms with Gasteiger partial charge < -0.3 is 11.1 Å². The summed E-state index contributed by atoms with van der Waals surface area (Å²) in [6.45, 7) is 2.02. The fourth-order valence-corrected chi connectivity index (χ4v) is 2.69. The molecule has 3 nitrogen and oxygen atoms in total. The molecule has 0 aliphatic rings. The lowest BCUT2D eigenvalue weighted by molar-refractivity contribution is 0.100. The minimum absolute atomic E-state index is 0.310. The van der Waals surface area contributed by atoms with Crippen molar-refractivity contribution in [3.8, 4) is 0 Å². The molecule has 0 atom stereocenters. The fourth-order valence-electron chi connectivity index (χ4n) is 1.84. The first-order valence-corrected chi connectivity index (χ1v) is 7.62. The summed E-state index contributed by atoms with van der Waals surface area (Å²) in [7, 11) is 0. The molecule has 0 saturated heterocycles. The SMILES string of the molecule is CSc1cc(Cl)c(C(N)=O)c(Nc2ccc(C)cc2)c1. The Bertz CT molecular complexity index is 641. The van der Waals surface area contributed by atoms with Gasteiger partial charge in [0.2, 0.25) is 0 Å². The zero-order valence-electron chi connectivity index (χ0n) is 11.2. The number of aryl methyl sites for hydroxylation is 1. The van der Waals surface area contributed by atoms with Crippen molar-refractivity contribution in [2.75, 3.05) is 11.6 Å². The van der Waals surface area contributed by atoms with Crippen molar-refractivity contribution >= 4 is 40.6 Å². The van der Waals surface area contributed by atoms with Gasteiger partial charge in [0, 0.05) is 10.6 Å². The number of halogens is 1. The molecular formula is C15H15ClN2OS. The smallest absolute Gasteiger partial charge is 0.252 e. The standard InChI is InChI=1S/C15H15ClN2OS/c1-9-3-5-10(6-4-9)18-13-8-11(20-2)7-12(16)14(13)15(17)19/h3-8,18H,1-2H3,(H2,17,19). The second kappa shape index (κ2) is 6.20. The van der Waals surface area contributed by atoms with Crippen LogP contribution in [0.15, 0.2) is 41.3 Å². The Morgan fingerprint density at radius 1 is 1.25 bits per heavy atom. The third-order valence-corrected chi connectivity index (χ3v) is 3.88. The number of carbonyl (C=O) groups is 1. The summed E-state index contributed by atoms with van der Waals surface area (Å²) in [5, 5.41) is 3.56. The van der Waals surface area contributed by atoms with Crippen molar-refractivity contribution in [1.29, 1.82) is 0 Å². The van der Waals surface area contributed by atoms with Gasteiger partial charge in [0.1, 0.15) is 0 Å². The van der Waals surface area contributed by atoms with E-state index in [2.05, 4.69) is 5.32 Å². The highest BCUT2D eigenvalue weighted by Gasteiger charge is 2.14. The Hall–Kier alpha value is -1.65. The van der Waals surface area contributed by atoms with Crippen LogP contribution in [0.1, 0.15) is 15.9 Å². The molecule has 0 fully saturated rings. The zero-order chi connectivity index (χ0) is 14.7. The van der Waals surface area contributed by atoms with Crippen molar-refractivity contribution in [3.05, 3.63) is 52.5 Å². The first-order valence-electron chi connectivity index (χ1n) is 6.02. The third kappa shape index (κ3) is 3.26. The number of rotatable bonds is 4. The number of amides is 1. The molecule has 0 unspecified atom stereocenters. The Morgan fingerprint density at radius 3 is 2.45 bits per heavy atom. The van der Waals surface area contributed by atoms with Crippen LogP contribution >= 0.6 is 23.4 Å². The number of carbonyl (C=O) groups excluding carboxylic acids is 1. The molecule has 2 rings (SSSR count). The lowest BCUT2D eigenvalue weighted by Crippen LogP contribution is -2.14. The molecule has 0 spiro atoms. The minimum atomic E-state index is -0.544. The Morgan fingerprint density at radius 2 is 1.90 bits per heavy atom. The average molecular weight is 307 g/mol. The molecule has 0 aliphatic heterocycles. The Kier molecular flexibility index (Phi) is 4.57. The molecule has 5 heteroatoms. The van der Waals surface area contributed by atoms with E-state index in [1.807, 2.05) is 43.5 Å². The molecule has 0 aromatic heterocycles. The van der Waals surface area contributed by atoms with Crippen LogP contribution in [0.4, 0.5) is 11.4 Å². The van der Waals surface area contributed by atoms with E-state index in [0.29, 0.717) is 16.3 Å². The van der Waals surface area contributed by atoms with Crippen LogP contribution in [0.2, 0.25) is 5.02 Å². The number of primary amides is 1. The highest BCUT2D eigenvalue weighted by atomic mass is 35.5. The van der Waals surface area contributed by atoms with Gasteiger partial charge in [-0.1, -0.05) is 29.3 Å². The summed E-state index contributed by atoms with van der Waals surface area (Å²) in [4.78, 5) is 12.5. The minimum Gasteiger partial charge on any atom is -0.365 e. The van der Waals surface area contributed by atoms with Crippen LogP contribution in [0.3, 0.4) is 0 Å². The van der Waals surface area contributed by atoms with Crippen molar-refractivity contribution < 1.29 is 4.79 Å². The van der Waals surface area contributed by atoms with Gasteiger partial charge in [0.15, 0.2) is 0 Å². The number of thioether (sulfide) groups is 1. The quantitative estimate of drug-likeness (QED) is 0.832. The third-order valence-electron chi connectivity index (χ3n) is 2.88. The van der Waals surface area contributed by atoms with E-state index in [9.17, 15) is 4.79 Å². The van der Waals surface area contributed by atoms with Crippen LogP contribution in [0.25, 0.3) is 0 Å². The van der Waals surface area contributed by atoms with Gasteiger partial charge >= 0.3 is 0 Å². The maximum atomic E-state index is 11.6. The first kappa shape index (κ1) is 14.8. The maximum absolute atomic E-state index is 11.6. The maximum Gasteiger partial charge on any atom is 0.252 e. The Balaban J connectivity index is 2.45. The molecule has 0 radical (unpaired) electrons. The molecule has 2 aromatic rings. The second-order valence-electron chi connectivity index (χ2n) is 4.39. The van der Waals surface area contributed by atoms with Gasteiger partial charge in [-0.15, -0.1) is 11.8 Å². The van der Waals surface area contributed by atoms with E-state index in [4.69, 9.17) is 17.3 Å². The van der Waals surface area contributed by atoms with Crippen molar-refractivity contribution in [2.24, 2.45) is 5.73 Å². The molecule has 2 aromatic carbocycles. The van der Waals surface area contributed by atoms with E-state index in [0.717, 1.165) is 10.6 Å². The summed E-state index contributed by atoms with van der Waals surface area (Å²) in [6, 6.07) is 11.5. The number of nitrogens with two attached hydrogens (primary N) is 1. The highest BCUT2D eigenvalue weighted by Crippen LogP contribution is 2.32. The lowest BCUT2D eigenvalue weighted by atomic mass is 10.1. The molecule has 104 valence electrons. The molecule has 0 heterocycles. The van der Waals surface area contributed by atoms with Crippen molar-refractivity contribution in [1.82, 2.24) is 0 Å². The summed E-state index contributed by atoms with van der Waals surface area (Å²) in [5.41, 5.74) is 8.40. The average Bonchev–Trinajstić information content (AvgIpc) is 2.40. The predicted molar refractivity (Wildman–Crippen MR) is 86.2 cm³/mol. The van der Waals surface area contributed by atoms with Crippen molar-refractivity contribution in [2.45, 2.75) is 11.8 Å². The molecule has 0 bridgehead atoms. The zero-order valence-corrected chi connectivity index (χ0v) is 12.8. The highest BCUT2D eigenvalue weighted by molar-refractivity contribution is 7.98. The van der Waals surface area contributed by atoms with E-state index in [1.54, 1.807) is 17.8 Å². The van der Waals surface area contributed by atoms with Crippen LogP contribution < -0.4 is 11.1 Å². The number of benzene rings is 2. The van der Waals surface area contributed by atoms with Gasteiger partial charge in [-0.2, -0.15) is 0 Å². The number of nitrogens with one attached hydrogen (secondary N) is 1. The summed E-state index contributed by atoms with van der Waals surface area (Å²) in [5.74, 6) is -0.544. The number of anilines is 2. The Labute approximate surface area is 127 Å². The molecular weight excluding hydrogens is 292 g/mol. The summed E-state index contributed by atoms with van der Waals surface area (Å²) in [6.07, 6.45) is 1.95. The largest absolute Gasteiger partial charge is 0.365 e. The lowest BCUT2D eigenvalue weighted by Gasteiger charge is -2.13. The normalized spacial score (nSPS) is 10.3. The van der Waals surface area contributed by atoms with E-state index in [-0.39, 0.29) is 0 Å². The monoisotopic (exact) mass is 306 g/mol. The van der Waals surface area contributed by atoms with Gasteiger partial charge in [-0.25, -0.2) is 0 Å². The summed E-state index contributed by atoms with van der Waals surface area (Å²) < 4.78 is 0. The molecule has 3 N–H and O–H groups in total. The van der Waals surface area contributed by atoms with Crippen molar-refractivity contribution in [3.63, 3.8) is 0 Å². The summed E-state index contributed by atoms with van der Waals surface area (Å²) >= 11 is 7.70. The predicted octanol–water partition coefficient (Wildman–Crippen LogP) is 4.21. The van der Waals surface area contributed by atoms with E-state index >= 15 is 0 Å². The number of hydrogen-bond donors (Lipinski definition) is 2. The molecule has 1 amide bonds. The van der Waals surface area contributed by atoms with E-state index < -0.39 is 5.91 Å². The van der Waals surface area contributed by atoms with E-state index in [1.165, 1.54) is 5.56 Å². The first-order chi connectivity index (χ1) is 9.51. The molecule has 20 heavy (non-hydrogen) atoms. The van der Waals surface area contributed by atoms with Crippen LogP contribution in [-0.2, 0) is 0 Å². The van der Waals surface area contributed by atoms with Crippen LogP contribution in [0.5, 0.6) is 0 Å². The molecule has 0 aliphatic carbocycles.